The normalized spacial score (nSPS) is 19.4. The Bertz CT molecular complexity index is 889. The van der Waals surface area contributed by atoms with Crippen LogP contribution in [0.15, 0.2) is 48.8 Å². The summed E-state index contributed by atoms with van der Waals surface area (Å²) in [5, 5.41) is 3.04. The number of hydrogen-bond donors (Lipinski definition) is 1. The molecule has 1 fully saturated rings. The third kappa shape index (κ3) is 4.89. The number of carbonyl (C=O) groups excluding carboxylic acids is 2. The van der Waals surface area contributed by atoms with Crippen LogP contribution in [0.2, 0.25) is 0 Å². The summed E-state index contributed by atoms with van der Waals surface area (Å²) in [5.41, 5.74) is 2.27. The van der Waals surface area contributed by atoms with E-state index < -0.39 is 10.8 Å². The lowest BCUT2D eigenvalue weighted by molar-refractivity contribution is -0.147. The number of pyridine rings is 1. The van der Waals surface area contributed by atoms with E-state index in [1.807, 2.05) is 50.8 Å². The highest BCUT2D eigenvalue weighted by Gasteiger charge is 2.44. The lowest BCUT2D eigenvalue weighted by atomic mass is 9.73. The van der Waals surface area contributed by atoms with Crippen LogP contribution in [0.3, 0.4) is 0 Å². The van der Waals surface area contributed by atoms with Crippen molar-refractivity contribution in [1.29, 1.82) is 0 Å². The Kier molecular flexibility index (Phi) is 6.59. The van der Waals surface area contributed by atoms with Crippen LogP contribution in [0, 0.1) is 10.8 Å². The second-order valence-corrected chi connectivity index (χ2v) is 9.33. The first-order valence-electron chi connectivity index (χ1n) is 10.8. The fourth-order valence-corrected chi connectivity index (χ4v) is 4.33. The molecule has 1 aromatic carbocycles. The summed E-state index contributed by atoms with van der Waals surface area (Å²) >= 11 is 0. The first-order valence-corrected chi connectivity index (χ1v) is 10.8. The van der Waals surface area contributed by atoms with E-state index in [1.54, 1.807) is 12.4 Å². The van der Waals surface area contributed by atoms with E-state index in [4.69, 9.17) is 0 Å². The van der Waals surface area contributed by atoms with Crippen molar-refractivity contribution in [2.24, 2.45) is 10.8 Å². The lowest BCUT2D eigenvalue weighted by Crippen LogP contribution is -2.56. The number of aromatic nitrogens is 1. The van der Waals surface area contributed by atoms with Gasteiger partial charge in [0.15, 0.2) is 0 Å². The number of carbonyl (C=O) groups is 2. The molecule has 160 valence electrons. The Morgan fingerprint density at radius 2 is 1.87 bits per heavy atom. The maximum Gasteiger partial charge on any atom is 0.228 e. The molecule has 1 saturated heterocycles. The van der Waals surface area contributed by atoms with Gasteiger partial charge in [-0.2, -0.15) is 0 Å². The topological polar surface area (TPSA) is 62.3 Å². The Hall–Kier alpha value is -2.69. The highest BCUT2D eigenvalue weighted by Crippen LogP contribution is 2.36. The van der Waals surface area contributed by atoms with Crippen LogP contribution < -0.4 is 5.32 Å². The molecule has 1 atom stereocenters. The number of amides is 2. The van der Waals surface area contributed by atoms with Crippen LogP contribution in [0.25, 0.3) is 11.1 Å². The maximum absolute atomic E-state index is 13.2. The number of nitrogens with one attached hydrogen (secondary N) is 1. The van der Waals surface area contributed by atoms with Crippen molar-refractivity contribution in [2.45, 2.75) is 47.0 Å². The van der Waals surface area contributed by atoms with Crippen LogP contribution in [0.4, 0.5) is 0 Å². The minimum atomic E-state index is -0.605. The van der Waals surface area contributed by atoms with Gasteiger partial charge in [-0.1, -0.05) is 45.0 Å². The first kappa shape index (κ1) is 22.0. The van der Waals surface area contributed by atoms with Gasteiger partial charge < -0.3 is 10.2 Å². The predicted octanol–water partition coefficient (Wildman–Crippen LogP) is 4.08. The van der Waals surface area contributed by atoms with Crippen LogP contribution in [-0.2, 0) is 16.0 Å². The number of nitrogens with zero attached hydrogens (tertiary/aromatic N) is 2. The maximum atomic E-state index is 13.2. The van der Waals surface area contributed by atoms with Gasteiger partial charge in [0, 0.05) is 37.4 Å². The van der Waals surface area contributed by atoms with Gasteiger partial charge in [0.25, 0.3) is 0 Å². The van der Waals surface area contributed by atoms with E-state index in [1.165, 1.54) is 0 Å². The highest BCUT2D eigenvalue weighted by molar-refractivity contribution is 5.86. The van der Waals surface area contributed by atoms with Crippen LogP contribution in [0.5, 0.6) is 0 Å². The fourth-order valence-electron chi connectivity index (χ4n) is 4.33. The zero-order chi connectivity index (χ0) is 21.8. The summed E-state index contributed by atoms with van der Waals surface area (Å²) < 4.78 is 0. The number of likely N-dealkylation sites (tertiary alicyclic amines) is 1. The molecular weight excluding hydrogens is 374 g/mol. The summed E-state index contributed by atoms with van der Waals surface area (Å²) in [6, 6.07) is 12.3. The Morgan fingerprint density at radius 1 is 1.13 bits per heavy atom. The van der Waals surface area contributed by atoms with E-state index in [9.17, 15) is 9.59 Å². The molecule has 5 heteroatoms. The van der Waals surface area contributed by atoms with Gasteiger partial charge in [-0.15, -0.1) is 0 Å². The van der Waals surface area contributed by atoms with E-state index in [0.717, 1.165) is 29.5 Å². The molecule has 1 aromatic heterocycles. The van der Waals surface area contributed by atoms with Crippen LogP contribution in [0.1, 0.15) is 46.1 Å². The van der Waals surface area contributed by atoms with E-state index in [-0.39, 0.29) is 11.8 Å². The Balaban J connectivity index is 1.91. The molecule has 5 nitrogen and oxygen atoms in total. The minimum absolute atomic E-state index is 0.0470. The Morgan fingerprint density at radius 3 is 2.53 bits per heavy atom. The summed E-state index contributed by atoms with van der Waals surface area (Å²) in [4.78, 5) is 32.2. The molecule has 3 rings (SSSR count). The van der Waals surface area contributed by atoms with Crippen molar-refractivity contribution in [3.05, 3.63) is 54.4 Å². The second kappa shape index (κ2) is 8.99. The van der Waals surface area contributed by atoms with Crippen molar-refractivity contribution in [3.8, 4) is 11.1 Å². The molecule has 30 heavy (non-hydrogen) atoms. The smallest absolute Gasteiger partial charge is 0.228 e. The lowest BCUT2D eigenvalue weighted by Gasteiger charge is -2.43. The quantitative estimate of drug-likeness (QED) is 0.812. The minimum Gasteiger partial charge on any atom is -0.356 e. The van der Waals surface area contributed by atoms with E-state index in [0.29, 0.717) is 26.1 Å². The molecule has 2 heterocycles. The molecule has 1 aliphatic heterocycles. The van der Waals surface area contributed by atoms with Gasteiger partial charge in [0.1, 0.15) is 0 Å². The van der Waals surface area contributed by atoms with E-state index in [2.05, 4.69) is 28.5 Å². The number of hydrogen-bond acceptors (Lipinski definition) is 3. The second-order valence-electron chi connectivity index (χ2n) is 9.33. The van der Waals surface area contributed by atoms with Gasteiger partial charge in [0.2, 0.25) is 11.8 Å². The molecule has 0 bridgehead atoms. The zero-order valence-corrected chi connectivity index (χ0v) is 18.6. The van der Waals surface area contributed by atoms with Crippen molar-refractivity contribution >= 4 is 11.8 Å². The SMILES string of the molecule is CCNC(=O)C1(Cc2cccc(-c3ccncc3)c2)CCCN(C(=O)C(C)(C)C)C1. The molecule has 0 radical (unpaired) electrons. The average Bonchev–Trinajstić information content (AvgIpc) is 2.73. The molecule has 0 aliphatic carbocycles. The largest absolute Gasteiger partial charge is 0.356 e. The molecule has 1 aliphatic rings. The van der Waals surface area contributed by atoms with Gasteiger partial charge in [0.05, 0.1) is 5.41 Å². The standard InChI is InChI=1S/C25H33N3O2/c1-5-27-22(29)25(12-7-15-28(18-25)23(30)24(2,3)4)17-19-8-6-9-21(16-19)20-10-13-26-14-11-20/h6,8-11,13-14,16H,5,7,12,15,17-18H2,1-4H3,(H,27,29). The third-order valence-corrected chi connectivity index (χ3v) is 5.81. The summed E-state index contributed by atoms with van der Waals surface area (Å²) in [5.74, 6) is 0.159. The average molecular weight is 408 g/mol. The first-order chi connectivity index (χ1) is 14.2. The molecule has 2 aromatic rings. The van der Waals surface area contributed by atoms with Crippen molar-refractivity contribution in [1.82, 2.24) is 15.2 Å². The number of benzene rings is 1. The van der Waals surface area contributed by atoms with Gasteiger partial charge in [-0.25, -0.2) is 0 Å². The molecule has 0 spiro atoms. The zero-order valence-electron chi connectivity index (χ0n) is 18.6. The van der Waals surface area contributed by atoms with Gasteiger partial charge >= 0.3 is 0 Å². The molecular formula is C25H33N3O2. The van der Waals surface area contributed by atoms with Crippen LogP contribution >= 0.6 is 0 Å². The predicted molar refractivity (Wildman–Crippen MR) is 120 cm³/mol. The van der Waals surface area contributed by atoms with Gasteiger partial charge in [-0.3, -0.25) is 14.6 Å². The summed E-state index contributed by atoms with van der Waals surface area (Å²) in [6.07, 6.45) is 5.81. The monoisotopic (exact) mass is 407 g/mol. The summed E-state index contributed by atoms with van der Waals surface area (Å²) in [7, 11) is 0. The van der Waals surface area contributed by atoms with Gasteiger partial charge in [-0.05, 0) is 55.0 Å². The van der Waals surface area contributed by atoms with Crippen molar-refractivity contribution < 1.29 is 9.59 Å². The highest BCUT2D eigenvalue weighted by atomic mass is 16.2. The molecule has 1 N–H and O–H groups in total. The molecule has 0 saturated carbocycles. The molecule has 1 unspecified atom stereocenters. The number of piperidine rings is 1. The summed E-state index contributed by atoms with van der Waals surface area (Å²) in [6.45, 7) is 9.53. The van der Waals surface area contributed by atoms with Crippen molar-refractivity contribution in [3.63, 3.8) is 0 Å². The fraction of sp³-hybridized carbons (Fsp3) is 0.480. The Labute approximate surface area is 179 Å². The third-order valence-electron chi connectivity index (χ3n) is 5.81. The van der Waals surface area contributed by atoms with Crippen molar-refractivity contribution in [2.75, 3.05) is 19.6 Å². The van der Waals surface area contributed by atoms with Crippen LogP contribution in [-0.4, -0.2) is 41.3 Å². The van der Waals surface area contributed by atoms with E-state index >= 15 is 0 Å². The number of rotatable bonds is 5. The molecule has 2 amide bonds.